The van der Waals surface area contributed by atoms with Crippen LogP contribution in [0.25, 0.3) is 11.5 Å². The van der Waals surface area contributed by atoms with E-state index in [4.69, 9.17) is 4.52 Å². The van der Waals surface area contributed by atoms with E-state index in [0.29, 0.717) is 23.3 Å². The summed E-state index contributed by atoms with van der Waals surface area (Å²) in [7, 11) is 0. The number of hydrogen-bond donors (Lipinski definition) is 0. The third kappa shape index (κ3) is 3.64. The molecule has 1 aliphatic heterocycles. The average Bonchev–Trinajstić information content (AvgIpc) is 2.99. The predicted octanol–water partition coefficient (Wildman–Crippen LogP) is 2.19. The molecule has 112 valence electrons. The molecular weight excluding hydrogens is 266 g/mol. The van der Waals surface area contributed by atoms with E-state index in [1.807, 2.05) is 12.1 Å². The molecule has 0 aliphatic carbocycles. The summed E-state index contributed by atoms with van der Waals surface area (Å²) < 4.78 is 5.35. The van der Waals surface area contributed by atoms with Gasteiger partial charge in [-0.3, -0.25) is 0 Å². The Morgan fingerprint density at radius 1 is 1.33 bits per heavy atom. The van der Waals surface area contributed by atoms with Crippen molar-refractivity contribution < 1.29 is 4.52 Å². The minimum atomic E-state index is 0.529. The highest BCUT2D eigenvalue weighted by atomic mass is 16.5. The molecule has 2 aromatic rings. The first-order valence-corrected chi connectivity index (χ1v) is 7.68. The molecule has 6 nitrogen and oxygen atoms in total. The van der Waals surface area contributed by atoms with Crippen LogP contribution in [0.1, 0.15) is 32.1 Å². The summed E-state index contributed by atoms with van der Waals surface area (Å²) in [6.07, 6.45) is 6.16. The summed E-state index contributed by atoms with van der Waals surface area (Å²) in [5.41, 5.74) is 0.658. The van der Waals surface area contributed by atoms with Gasteiger partial charge in [0.1, 0.15) is 5.69 Å². The Labute approximate surface area is 124 Å². The Hall–Kier alpha value is -1.82. The van der Waals surface area contributed by atoms with Crippen LogP contribution >= 0.6 is 0 Å². The third-order valence-corrected chi connectivity index (χ3v) is 3.98. The van der Waals surface area contributed by atoms with Crippen molar-refractivity contribution in [2.75, 3.05) is 19.6 Å². The first kappa shape index (κ1) is 14.1. The zero-order valence-corrected chi connectivity index (χ0v) is 12.4. The molecule has 6 heteroatoms. The minimum absolute atomic E-state index is 0.529. The molecule has 3 rings (SSSR count). The van der Waals surface area contributed by atoms with Crippen LogP contribution in [0.2, 0.25) is 0 Å². The number of nitrogens with zero attached hydrogens (tertiary/aromatic N) is 5. The standard InChI is InChI=1S/C15H21N5O/c1-2-8-20-9-5-12(6-10-20)11-14-17-15(19-21-14)13-4-3-7-16-18-13/h3-4,7,12H,2,5-6,8-11H2,1H3. The van der Waals surface area contributed by atoms with Gasteiger partial charge in [-0.1, -0.05) is 12.1 Å². The Morgan fingerprint density at radius 2 is 2.19 bits per heavy atom. The summed E-state index contributed by atoms with van der Waals surface area (Å²) in [6, 6.07) is 3.66. The monoisotopic (exact) mass is 287 g/mol. The second-order valence-corrected chi connectivity index (χ2v) is 5.61. The van der Waals surface area contributed by atoms with Crippen LogP contribution in [0.15, 0.2) is 22.9 Å². The van der Waals surface area contributed by atoms with Crippen LogP contribution < -0.4 is 0 Å². The Morgan fingerprint density at radius 3 is 2.90 bits per heavy atom. The largest absolute Gasteiger partial charge is 0.339 e. The number of likely N-dealkylation sites (tertiary alicyclic amines) is 1. The molecule has 0 atom stereocenters. The first-order valence-electron chi connectivity index (χ1n) is 7.68. The third-order valence-electron chi connectivity index (χ3n) is 3.98. The lowest BCUT2D eigenvalue weighted by atomic mass is 9.93. The van der Waals surface area contributed by atoms with E-state index in [0.717, 1.165) is 6.42 Å². The van der Waals surface area contributed by atoms with Gasteiger partial charge in [-0.2, -0.15) is 10.1 Å². The van der Waals surface area contributed by atoms with Gasteiger partial charge in [0.05, 0.1) is 0 Å². The fraction of sp³-hybridized carbons (Fsp3) is 0.600. The first-order chi connectivity index (χ1) is 10.3. The minimum Gasteiger partial charge on any atom is -0.339 e. The molecule has 0 N–H and O–H groups in total. The van der Waals surface area contributed by atoms with Gasteiger partial charge in [0.2, 0.25) is 11.7 Å². The van der Waals surface area contributed by atoms with Crippen molar-refractivity contribution in [2.45, 2.75) is 32.6 Å². The van der Waals surface area contributed by atoms with Crippen molar-refractivity contribution in [1.82, 2.24) is 25.2 Å². The van der Waals surface area contributed by atoms with Gasteiger partial charge in [0.15, 0.2) is 0 Å². The van der Waals surface area contributed by atoms with Gasteiger partial charge in [0, 0.05) is 12.6 Å². The summed E-state index contributed by atoms with van der Waals surface area (Å²) in [4.78, 5) is 6.97. The molecule has 0 aromatic carbocycles. The van der Waals surface area contributed by atoms with Crippen molar-refractivity contribution in [3.63, 3.8) is 0 Å². The molecule has 0 bridgehead atoms. The Balaban J connectivity index is 1.56. The van der Waals surface area contributed by atoms with Crippen molar-refractivity contribution in [3.8, 4) is 11.5 Å². The number of aromatic nitrogens is 4. The maximum Gasteiger partial charge on any atom is 0.227 e. The van der Waals surface area contributed by atoms with Gasteiger partial charge in [-0.05, 0) is 56.9 Å². The topological polar surface area (TPSA) is 67.9 Å². The second kappa shape index (κ2) is 6.76. The van der Waals surface area contributed by atoms with Crippen LogP contribution in [-0.4, -0.2) is 44.9 Å². The van der Waals surface area contributed by atoms with Crippen LogP contribution in [0.4, 0.5) is 0 Å². The fourth-order valence-electron chi connectivity index (χ4n) is 2.84. The molecule has 21 heavy (non-hydrogen) atoms. The lowest BCUT2D eigenvalue weighted by Gasteiger charge is -2.30. The summed E-state index contributed by atoms with van der Waals surface area (Å²) in [6.45, 7) is 5.82. The molecule has 1 fully saturated rings. The maximum atomic E-state index is 5.35. The van der Waals surface area contributed by atoms with E-state index in [1.165, 1.54) is 38.9 Å². The molecular formula is C15H21N5O. The lowest BCUT2D eigenvalue weighted by Crippen LogP contribution is -2.34. The Kier molecular flexibility index (Phi) is 4.55. The van der Waals surface area contributed by atoms with Gasteiger partial charge < -0.3 is 9.42 Å². The fourth-order valence-corrected chi connectivity index (χ4v) is 2.84. The van der Waals surface area contributed by atoms with E-state index in [2.05, 4.69) is 32.2 Å². The smallest absolute Gasteiger partial charge is 0.227 e. The number of hydrogen-bond acceptors (Lipinski definition) is 6. The zero-order valence-electron chi connectivity index (χ0n) is 12.4. The highest BCUT2D eigenvalue weighted by Gasteiger charge is 2.21. The average molecular weight is 287 g/mol. The SMILES string of the molecule is CCCN1CCC(Cc2nc(-c3cccnn3)no2)CC1. The molecule has 0 saturated carbocycles. The lowest BCUT2D eigenvalue weighted by molar-refractivity contribution is 0.177. The normalized spacial score (nSPS) is 17.2. The maximum absolute atomic E-state index is 5.35. The van der Waals surface area contributed by atoms with Gasteiger partial charge >= 0.3 is 0 Å². The van der Waals surface area contributed by atoms with Crippen molar-refractivity contribution in [2.24, 2.45) is 5.92 Å². The highest BCUT2D eigenvalue weighted by Crippen LogP contribution is 2.22. The number of rotatable bonds is 5. The van der Waals surface area contributed by atoms with Crippen molar-refractivity contribution in [3.05, 3.63) is 24.2 Å². The van der Waals surface area contributed by atoms with Crippen LogP contribution in [0, 0.1) is 5.92 Å². The molecule has 0 unspecified atom stereocenters. The molecule has 0 spiro atoms. The van der Waals surface area contributed by atoms with Gasteiger partial charge in [-0.15, -0.1) is 5.10 Å². The quantitative estimate of drug-likeness (QED) is 0.839. The van der Waals surface area contributed by atoms with Crippen LogP contribution in [0.5, 0.6) is 0 Å². The predicted molar refractivity (Wildman–Crippen MR) is 78.5 cm³/mol. The molecule has 0 radical (unpaired) electrons. The molecule has 0 amide bonds. The summed E-state index contributed by atoms with van der Waals surface area (Å²) >= 11 is 0. The summed E-state index contributed by atoms with van der Waals surface area (Å²) in [5, 5.41) is 11.8. The van der Waals surface area contributed by atoms with Gasteiger partial charge in [0.25, 0.3) is 0 Å². The molecule has 1 saturated heterocycles. The van der Waals surface area contributed by atoms with E-state index in [-0.39, 0.29) is 0 Å². The molecule has 2 aromatic heterocycles. The van der Waals surface area contributed by atoms with Gasteiger partial charge in [-0.25, -0.2) is 0 Å². The summed E-state index contributed by atoms with van der Waals surface area (Å²) in [5.74, 6) is 1.89. The number of piperidine rings is 1. The van der Waals surface area contributed by atoms with E-state index >= 15 is 0 Å². The van der Waals surface area contributed by atoms with E-state index in [9.17, 15) is 0 Å². The molecule has 1 aliphatic rings. The second-order valence-electron chi connectivity index (χ2n) is 5.61. The van der Waals surface area contributed by atoms with Crippen LogP contribution in [-0.2, 0) is 6.42 Å². The van der Waals surface area contributed by atoms with Crippen LogP contribution in [0.3, 0.4) is 0 Å². The van der Waals surface area contributed by atoms with Crippen molar-refractivity contribution in [1.29, 1.82) is 0 Å². The van der Waals surface area contributed by atoms with Crippen molar-refractivity contribution >= 4 is 0 Å². The Bertz CT molecular complexity index is 548. The highest BCUT2D eigenvalue weighted by molar-refractivity contribution is 5.46. The zero-order chi connectivity index (χ0) is 14.5. The molecule has 3 heterocycles. The van der Waals surface area contributed by atoms with E-state index in [1.54, 1.807) is 6.20 Å². The van der Waals surface area contributed by atoms with E-state index < -0.39 is 0 Å².